The van der Waals surface area contributed by atoms with Gasteiger partial charge in [0.2, 0.25) is 6.10 Å². The van der Waals surface area contributed by atoms with Gasteiger partial charge in [-0.3, -0.25) is 4.79 Å². The average Bonchev–Trinajstić information content (AvgIpc) is 2.76. The van der Waals surface area contributed by atoms with Crippen LogP contribution in [-0.4, -0.2) is 36.6 Å². The van der Waals surface area contributed by atoms with Gasteiger partial charge in [0.05, 0.1) is 13.0 Å². The summed E-state index contributed by atoms with van der Waals surface area (Å²) in [6.07, 6.45) is 2.46. The van der Waals surface area contributed by atoms with E-state index in [9.17, 15) is 9.59 Å². The molecular formula is C23H31N3O4. The monoisotopic (exact) mass is 413 g/mol. The van der Waals surface area contributed by atoms with Crippen LogP contribution in [0.1, 0.15) is 50.8 Å². The number of aromatic nitrogens is 1. The van der Waals surface area contributed by atoms with E-state index in [1.165, 1.54) is 6.20 Å². The molecule has 0 amide bonds. The number of nitrogens with zero attached hydrogens (tertiary/aromatic N) is 1. The number of carbonyl (C=O) groups excluding carboxylic acids is 2. The maximum absolute atomic E-state index is 12.5. The zero-order chi connectivity index (χ0) is 21.8. The Bertz CT molecular complexity index is 791. The van der Waals surface area contributed by atoms with Gasteiger partial charge in [0.25, 0.3) is 0 Å². The molecule has 2 aromatic rings. The van der Waals surface area contributed by atoms with E-state index in [1.807, 2.05) is 24.3 Å². The summed E-state index contributed by atoms with van der Waals surface area (Å²) in [5.74, 6) is -0.414. The van der Waals surface area contributed by atoms with Crippen LogP contribution in [0.15, 0.2) is 42.6 Å². The molecule has 7 nitrogen and oxygen atoms in total. The molecular weight excluding hydrogens is 382 g/mol. The molecule has 1 heterocycles. The van der Waals surface area contributed by atoms with Crippen molar-refractivity contribution in [3.8, 4) is 0 Å². The lowest BCUT2D eigenvalue weighted by atomic mass is 10.1. The summed E-state index contributed by atoms with van der Waals surface area (Å²) in [7, 11) is 0. The quantitative estimate of drug-likeness (QED) is 0.506. The Morgan fingerprint density at radius 3 is 2.27 bits per heavy atom. The Balaban J connectivity index is 2.04. The van der Waals surface area contributed by atoms with Gasteiger partial charge in [-0.2, -0.15) is 0 Å². The number of carbonyl (C=O) groups is 2. The fraction of sp³-hybridized carbons (Fsp3) is 0.435. The third kappa shape index (κ3) is 7.39. The minimum Gasteiger partial charge on any atom is -0.463 e. The van der Waals surface area contributed by atoms with Gasteiger partial charge >= 0.3 is 11.9 Å². The van der Waals surface area contributed by atoms with Crippen LogP contribution in [0.3, 0.4) is 0 Å². The molecule has 1 aromatic heterocycles. The van der Waals surface area contributed by atoms with Crippen LogP contribution in [0.4, 0.5) is 11.5 Å². The predicted octanol–water partition coefficient (Wildman–Crippen LogP) is 4.12. The normalized spacial score (nSPS) is 11.4. The number of benzene rings is 1. The summed E-state index contributed by atoms with van der Waals surface area (Å²) in [5.41, 5.74) is 2.28. The van der Waals surface area contributed by atoms with Crippen molar-refractivity contribution in [2.45, 2.75) is 46.1 Å². The minimum atomic E-state index is -1.14. The van der Waals surface area contributed by atoms with Crippen LogP contribution >= 0.6 is 0 Å². The molecule has 0 bridgehead atoms. The van der Waals surface area contributed by atoms with E-state index in [4.69, 9.17) is 9.47 Å². The first-order chi connectivity index (χ1) is 14.6. The molecule has 2 rings (SSSR count). The maximum atomic E-state index is 12.5. The summed E-state index contributed by atoms with van der Waals surface area (Å²) < 4.78 is 10.6. The van der Waals surface area contributed by atoms with E-state index < -0.39 is 18.0 Å². The number of ether oxygens (including phenoxy) is 2. The highest BCUT2D eigenvalue weighted by atomic mass is 16.6. The first kappa shape index (κ1) is 23.2. The molecule has 1 aromatic carbocycles. The lowest BCUT2D eigenvalue weighted by molar-refractivity contribution is -0.167. The second-order valence-corrected chi connectivity index (χ2v) is 6.83. The molecule has 7 heteroatoms. The molecule has 0 aliphatic rings. The van der Waals surface area contributed by atoms with Crippen molar-refractivity contribution >= 4 is 23.4 Å². The Morgan fingerprint density at radius 2 is 1.67 bits per heavy atom. The SMILES string of the molecule is CCCNc1ccc(CC(=O)OC(C(=O)OCC)c2ccc(NCCC)nc2)cc1. The third-order valence-electron chi connectivity index (χ3n) is 4.28. The van der Waals surface area contributed by atoms with Crippen LogP contribution in [0.2, 0.25) is 0 Å². The van der Waals surface area contributed by atoms with Gasteiger partial charge in [0.1, 0.15) is 5.82 Å². The lowest BCUT2D eigenvalue weighted by Gasteiger charge is -2.17. The van der Waals surface area contributed by atoms with Gasteiger partial charge in [-0.05, 0) is 49.6 Å². The number of hydrogen-bond acceptors (Lipinski definition) is 7. The molecule has 0 saturated carbocycles. The number of rotatable bonds is 12. The number of nitrogens with one attached hydrogen (secondary N) is 2. The number of esters is 2. The second kappa shape index (κ2) is 12.5. The zero-order valence-electron chi connectivity index (χ0n) is 17.9. The van der Waals surface area contributed by atoms with Gasteiger partial charge in [0.15, 0.2) is 0 Å². The van der Waals surface area contributed by atoms with Gasteiger partial charge in [-0.25, -0.2) is 9.78 Å². The molecule has 1 atom stereocenters. The molecule has 0 fully saturated rings. The van der Waals surface area contributed by atoms with Crippen LogP contribution < -0.4 is 10.6 Å². The first-order valence-electron chi connectivity index (χ1n) is 10.5. The maximum Gasteiger partial charge on any atom is 0.352 e. The van der Waals surface area contributed by atoms with E-state index in [0.717, 1.165) is 37.2 Å². The van der Waals surface area contributed by atoms with Gasteiger partial charge in [0, 0.05) is 30.5 Å². The van der Waals surface area contributed by atoms with E-state index in [0.29, 0.717) is 11.4 Å². The number of anilines is 2. The van der Waals surface area contributed by atoms with Crippen LogP contribution in [0.5, 0.6) is 0 Å². The molecule has 0 aliphatic carbocycles. The minimum absolute atomic E-state index is 0.0630. The van der Waals surface area contributed by atoms with Crippen LogP contribution in [-0.2, 0) is 25.5 Å². The molecule has 0 radical (unpaired) electrons. The Kier molecular flexibility index (Phi) is 9.64. The fourth-order valence-electron chi connectivity index (χ4n) is 2.74. The summed E-state index contributed by atoms with van der Waals surface area (Å²) >= 11 is 0. The predicted molar refractivity (Wildman–Crippen MR) is 117 cm³/mol. The zero-order valence-corrected chi connectivity index (χ0v) is 17.9. The van der Waals surface area contributed by atoms with E-state index in [1.54, 1.807) is 19.1 Å². The number of hydrogen-bond donors (Lipinski definition) is 2. The average molecular weight is 414 g/mol. The van der Waals surface area contributed by atoms with E-state index in [2.05, 4.69) is 29.5 Å². The second-order valence-electron chi connectivity index (χ2n) is 6.83. The smallest absolute Gasteiger partial charge is 0.352 e. The summed E-state index contributed by atoms with van der Waals surface area (Å²) in [6, 6.07) is 11.1. The molecule has 1 unspecified atom stereocenters. The van der Waals surface area contributed by atoms with Gasteiger partial charge in [-0.15, -0.1) is 0 Å². The summed E-state index contributed by atoms with van der Waals surface area (Å²) in [6.45, 7) is 7.76. The molecule has 2 N–H and O–H groups in total. The van der Waals surface area contributed by atoms with E-state index in [-0.39, 0.29) is 13.0 Å². The van der Waals surface area contributed by atoms with Gasteiger partial charge in [-0.1, -0.05) is 26.0 Å². The summed E-state index contributed by atoms with van der Waals surface area (Å²) in [4.78, 5) is 29.2. The largest absolute Gasteiger partial charge is 0.463 e. The van der Waals surface area contributed by atoms with Crippen molar-refractivity contribution in [1.82, 2.24) is 4.98 Å². The van der Waals surface area contributed by atoms with Crippen LogP contribution in [0, 0.1) is 0 Å². The topological polar surface area (TPSA) is 89.5 Å². The highest BCUT2D eigenvalue weighted by Crippen LogP contribution is 2.21. The number of pyridine rings is 1. The van der Waals surface area contributed by atoms with Crippen molar-refractivity contribution in [2.24, 2.45) is 0 Å². The highest BCUT2D eigenvalue weighted by molar-refractivity contribution is 5.81. The lowest BCUT2D eigenvalue weighted by Crippen LogP contribution is -2.23. The van der Waals surface area contributed by atoms with Crippen molar-refractivity contribution in [3.05, 3.63) is 53.7 Å². The first-order valence-corrected chi connectivity index (χ1v) is 10.5. The molecule has 30 heavy (non-hydrogen) atoms. The molecule has 162 valence electrons. The van der Waals surface area contributed by atoms with Crippen molar-refractivity contribution in [2.75, 3.05) is 30.3 Å². The van der Waals surface area contributed by atoms with Crippen molar-refractivity contribution in [1.29, 1.82) is 0 Å². The van der Waals surface area contributed by atoms with Crippen molar-refractivity contribution in [3.63, 3.8) is 0 Å². The Labute approximate surface area is 178 Å². The molecule has 0 aliphatic heterocycles. The molecule has 0 spiro atoms. The fourth-order valence-corrected chi connectivity index (χ4v) is 2.74. The third-order valence-corrected chi connectivity index (χ3v) is 4.28. The summed E-state index contributed by atoms with van der Waals surface area (Å²) in [5, 5.41) is 6.45. The van der Waals surface area contributed by atoms with Crippen molar-refractivity contribution < 1.29 is 19.1 Å². The Morgan fingerprint density at radius 1 is 0.967 bits per heavy atom. The van der Waals surface area contributed by atoms with E-state index >= 15 is 0 Å². The van der Waals surface area contributed by atoms with Gasteiger partial charge < -0.3 is 20.1 Å². The van der Waals surface area contributed by atoms with Crippen LogP contribution in [0.25, 0.3) is 0 Å². The highest BCUT2D eigenvalue weighted by Gasteiger charge is 2.27. The standard InChI is InChI=1S/C23H31N3O4/c1-4-13-24-19-10-7-17(8-11-19)15-21(27)30-22(23(28)29-6-3)18-9-12-20(26-16-18)25-14-5-2/h7-12,16,22,24H,4-6,13-15H2,1-3H3,(H,25,26). The Hall–Kier alpha value is -3.09. The molecule has 0 saturated heterocycles.